The molecule has 0 aromatic heterocycles. The van der Waals surface area contributed by atoms with Crippen LogP contribution >= 0.6 is 0 Å². The fraction of sp³-hybridized carbons (Fsp3) is 0.833. The minimum atomic E-state index is -0.867. The van der Waals surface area contributed by atoms with E-state index in [0.717, 1.165) is 12.8 Å². The van der Waals surface area contributed by atoms with Crippen LogP contribution in [0.15, 0.2) is 0 Å². The number of amides is 2. The molecule has 0 spiro atoms. The van der Waals surface area contributed by atoms with E-state index in [2.05, 4.69) is 12.2 Å². The Balaban J connectivity index is 2.38. The molecule has 0 radical (unpaired) electrons. The monoisotopic (exact) mass is 242 g/mol. The Morgan fingerprint density at radius 1 is 1.47 bits per heavy atom. The van der Waals surface area contributed by atoms with E-state index in [9.17, 15) is 9.59 Å². The van der Waals surface area contributed by atoms with Crippen LogP contribution in [0.1, 0.15) is 33.6 Å². The fourth-order valence-electron chi connectivity index (χ4n) is 2.05. The highest BCUT2D eigenvalue weighted by atomic mass is 16.4. The van der Waals surface area contributed by atoms with Gasteiger partial charge in [0.05, 0.1) is 5.92 Å². The smallest absolute Gasteiger partial charge is 0.317 e. The lowest BCUT2D eigenvalue weighted by atomic mass is 9.82. The number of hydrogen-bond acceptors (Lipinski definition) is 2. The van der Waals surface area contributed by atoms with Gasteiger partial charge in [0.15, 0.2) is 0 Å². The van der Waals surface area contributed by atoms with Crippen molar-refractivity contribution in [2.24, 2.45) is 11.8 Å². The summed E-state index contributed by atoms with van der Waals surface area (Å²) in [6.07, 6.45) is 2.05. The minimum Gasteiger partial charge on any atom is -0.481 e. The average Bonchev–Trinajstić information content (AvgIpc) is 2.22. The zero-order valence-corrected chi connectivity index (χ0v) is 10.8. The third-order valence-corrected chi connectivity index (χ3v) is 3.29. The third-order valence-electron chi connectivity index (χ3n) is 3.29. The van der Waals surface area contributed by atoms with Gasteiger partial charge in [-0.25, -0.2) is 4.79 Å². The van der Waals surface area contributed by atoms with Crippen LogP contribution in [-0.4, -0.2) is 41.1 Å². The first kappa shape index (κ1) is 13.8. The van der Waals surface area contributed by atoms with Gasteiger partial charge in [0, 0.05) is 19.1 Å². The van der Waals surface area contributed by atoms with E-state index >= 15 is 0 Å². The molecular formula is C12H22N2O3. The highest BCUT2D eigenvalue weighted by molar-refractivity contribution is 5.76. The van der Waals surface area contributed by atoms with Crippen LogP contribution in [0.3, 0.4) is 0 Å². The molecule has 5 heteroatoms. The van der Waals surface area contributed by atoms with Gasteiger partial charge >= 0.3 is 12.0 Å². The molecule has 1 saturated carbocycles. The molecule has 0 aliphatic heterocycles. The molecule has 1 aliphatic carbocycles. The predicted octanol–water partition coefficient (Wildman–Crippen LogP) is 1.54. The number of hydrogen-bond donors (Lipinski definition) is 2. The summed E-state index contributed by atoms with van der Waals surface area (Å²) >= 11 is 0. The number of urea groups is 1. The summed E-state index contributed by atoms with van der Waals surface area (Å²) in [6.45, 7) is 6.43. The average molecular weight is 242 g/mol. The molecule has 0 bridgehead atoms. The quantitative estimate of drug-likeness (QED) is 0.768. The van der Waals surface area contributed by atoms with E-state index in [1.165, 1.54) is 0 Å². The summed E-state index contributed by atoms with van der Waals surface area (Å²) in [4.78, 5) is 24.2. The summed E-state index contributed by atoms with van der Waals surface area (Å²) in [5, 5.41) is 11.8. The van der Waals surface area contributed by atoms with Gasteiger partial charge in [-0.05, 0) is 25.7 Å². The number of nitrogens with one attached hydrogen (secondary N) is 1. The van der Waals surface area contributed by atoms with Crippen LogP contribution < -0.4 is 5.32 Å². The van der Waals surface area contributed by atoms with Crippen molar-refractivity contribution in [2.75, 3.05) is 13.1 Å². The molecule has 1 rings (SSSR count). The van der Waals surface area contributed by atoms with Crippen molar-refractivity contribution in [3.63, 3.8) is 0 Å². The predicted molar refractivity (Wildman–Crippen MR) is 64.8 cm³/mol. The van der Waals surface area contributed by atoms with Crippen molar-refractivity contribution in [3.05, 3.63) is 0 Å². The van der Waals surface area contributed by atoms with Crippen molar-refractivity contribution < 1.29 is 14.7 Å². The number of carbonyl (C=O) groups excluding carboxylic acids is 1. The zero-order chi connectivity index (χ0) is 13.0. The molecule has 1 unspecified atom stereocenters. The first-order valence-electron chi connectivity index (χ1n) is 6.22. The Kier molecular flexibility index (Phi) is 4.78. The molecule has 1 fully saturated rings. The molecule has 1 aliphatic rings. The summed E-state index contributed by atoms with van der Waals surface area (Å²) in [7, 11) is 0. The lowest BCUT2D eigenvalue weighted by Crippen LogP contribution is -2.50. The van der Waals surface area contributed by atoms with Crippen LogP contribution in [0.2, 0.25) is 0 Å². The summed E-state index contributed by atoms with van der Waals surface area (Å²) in [5.74, 6) is -0.706. The minimum absolute atomic E-state index is 0.141. The molecule has 98 valence electrons. The van der Waals surface area contributed by atoms with Gasteiger partial charge in [0.25, 0.3) is 0 Å². The maximum Gasteiger partial charge on any atom is 0.317 e. The van der Waals surface area contributed by atoms with Crippen LogP contribution in [0.4, 0.5) is 4.79 Å². The van der Waals surface area contributed by atoms with Gasteiger partial charge < -0.3 is 15.3 Å². The van der Waals surface area contributed by atoms with E-state index in [4.69, 9.17) is 5.11 Å². The summed E-state index contributed by atoms with van der Waals surface area (Å²) in [5.41, 5.74) is 0. The number of carboxylic acids is 1. The van der Waals surface area contributed by atoms with Crippen LogP contribution in [0.5, 0.6) is 0 Å². The molecule has 0 heterocycles. The Labute approximate surface area is 102 Å². The van der Waals surface area contributed by atoms with Crippen LogP contribution in [0.25, 0.3) is 0 Å². The number of aliphatic carboxylic acids is 1. The first-order chi connectivity index (χ1) is 7.93. The Hall–Kier alpha value is -1.26. The normalized spacial score (nSPS) is 24.6. The molecule has 0 aromatic carbocycles. The van der Waals surface area contributed by atoms with Gasteiger partial charge in [-0.2, -0.15) is 0 Å². The molecule has 5 nitrogen and oxygen atoms in total. The van der Waals surface area contributed by atoms with Crippen molar-refractivity contribution in [3.8, 4) is 0 Å². The number of nitrogens with zero attached hydrogens (tertiary/aromatic N) is 1. The molecule has 1 atom stereocenters. The summed E-state index contributed by atoms with van der Waals surface area (Å²) in [6, 6.07) is 0.129. The molecular weight excluding hydrogens is 220 g/mol. The molecule has 0 aromatic rings. The number of carbonyl (C=O) groups is 2. The second-order valence-corrected chi connectivity index (χ2v) is 5.00. The highest BCUT2D eigenvalue weighted by Crippen LogP contribution is 2.26. The van der Waals surface area contributed by atoms with Gasteiger partial charge in [-0.15, -0.1) is 0 Å². The Morgan fingerprint density at radius 3 is 2.47 bits per heavy atom. The summed E-state index contributed by atoms with van der Waals surface area (Å²) < 4.78 is 0. The Bertz CT molecular complexity index is 287. The number of rotatable bonds is 5. The van der Waals surface area contributed by atoms with E-state index in [1.807, 2.05) is 6.92 Å². The number of carboxylic acid groups (broad SMARTS) is 1. The molecule has 2 N–H and O–H groups in total. The molecule has 17 heavy (non-hydrogen) atoms. The standard InChI is InChI=1S/C12H22N2O3/c1-4-14(7-9(3)11(15)16)12(17)13-10-5-8(2)6-10/h8-10H,4-7H2,1-3H3,(H,13,17)(H,15,16). The van der Waals surface area contributed by atoms with Crippen molar-refractivity contribution >= 4 is 12.0 Å². The zero-order valence-electron chi connectivity index (χ0n) is 10.8. The third kappa shape index (κ3) is 3.91. The second kappa shape index (κ2) is 5.89. The molecule has 2 amide bonds. The van der Waals surface area contributed by atoms with Gasteiger partial charge in [-0.3, -0.25) is 4.79 Å². The lowest BCUT2D eigenvalue weighted by molar-refractivity contribution is -0.141. The molecule has 0 saturated heterocycles. The van der Waals surface area contributed by atoms with Crippen molar-refractivity contribution in [1.29, 1.82) is 0 Å². The lowest BCUT2D eigenvalue weighted by Gasteiger charge is -2.35. The Morgan fingerprint density at radius 2 is 2.06 bits per heavy atom. The van der Waals surface area contributed by atoms with E-state index < -0.39 is 11.9 Å². The van der Waals surface area contributed by atoms with Crippen molar-refractivity contribution in [1.82, 2.24) is 10.2 Å². The van der Waals surface area contributed by atoms with Gasteiger partial charge in [0.2, 0.25) is 0 Å². The SMILES string of the molecule is CCN(CC(C)C(=O)O)C(=O)NC1CC(C)C1. The van der Waals surface area contributed by atoms with Gasteiger partial charge in [-0.1, -0.05) is 13.8 Å². The fourth-order valence-corrected chi connectivity index (χ4v) is 2.05. The highest BCUT2D eigenvalue weighted by Gasteiger charge is 2.28. The van der Waals surface area contributed by atoms with Crippen LogP contribution in [-0.2, 0) is 4.79 Å². The topological polar surface area (TPSA) is 69.6 Å². The van der Waals surface area contributed by atoms with Gasteiger partial charge in [0.1, 0.15) is 0 Å². The largest absolute Gasteiger partial charge is 0.481 e. The maximum absolute atomic E-state index is 11.9. The second-order valence-electron chi connectivity index (χ2n) is 5.00. The van der Waals surface area contributed by atoms with E-state index in [1.54, 1.807) is 11.8 Å². The van der Waals surface area contributed by atoms with Crippen LogP contribution in [0, 0.1) is 11.8 Å². The maximum atomic E-state index is 11.9. The van der Waals surface area contributed by atoms with E-state index in [0.29, 0.717) is 12.5 Å². The van der Waals surface area contributed by atoms with Crippen molar-refractivity contribution in [2.45, 2.75) is 39.7 Å². The first-order valence-corrected chi connectivity index (χ1v) is 6.22. The van der Waals surface area contributed by atoms with E-state index in [-0.39, 0.29) is 18.6 Å².